The van der Waals surface area contributed by atoms with Crippen LogP contribution in [-0.4, -0.2) is 52.7 Å². The van der Waals surface area contributed by atoms with E-state index in [1.165, 1.54) is 48.8 Å². The van der Waals surface area contributed by atoms with Gasteiger partial charge in [0.05, 0.1) is 4.90 Å². The van der Waals surface area contributed by atoms with Crippen LogP contribution in [0, 0.1) is 0 Å². The molecule has 0 unspecified atom stereocenters. The zero-order chi connectivity index (χ0) is 23.0. The first-order valence-electron chi connectivity index (χ1n) is 8.74. The van der Waals surface area contributed by atoms with Gasteiger partial charge in [-0.05, 0) is 29.8 Å². The second-order valence-electron chi connectivity index (χ2n) is 6.68. The molecule has 164 valence electrons. The molecular formula is C19H17F3N4O4S. The fourth-order valence-electron chi connectivity index (χ4n) is 2.95. The fourth-order valence-corrected chi connectivity index (χ4v) is 3.58. The predicted molar refractivity (Wildman–Crippen MR) is 104 cm³/mol. The summed E-state index contributed by atoms with van der Waals surface area (Å²) in [5.74, 6) is -1.01. The first kappa shape index (κ1) is 22.4. The quantitative estimate of drug-likeness (QED) is 0.470. The lowest BCUT2D eigenvalue weighted by molar-refractivity contribution is -0.162. The van der Waals surface area contributed by atoms with Crippen LogP contribution in [0.25, 0.3) is 22.4 Å². The number of hydroxylamine groups is 2. The van der Waals surface area contributed by atoms with Crippen molar-refractivity contribution in [3.05, 3.63) is 54.5 Å². The monoisotopic (exact) mass is 454 g/mol. The van der Waals surface area contributed by atoms with E-state index in [9.17, 15) is 31.6 Å². The lowest BCUT2D eigenvalue weighted by Gasteiger charge is -2.14. The molecule has 2 aromatic heterocycles. The second-order valence-corrected chi connectivity index (χ2v) is 8.69. The van der Waals surface area contributed by atoms with E-state index in [1.807, 2.05) is 0 Å². The maximum Gasteiger partial charge on any atom is 0.433 e. The zero-order valence-electron chi connectivity index (χ0n) is 16.3. The summed E-state index contributed by atoms with van der Waals surface area (Å²) in [4.78, 5) is 15.7. The minimum atomic E-state index is -4.91. The van der Waals surface area contributed by atoms with Crippen molar-refractivity contribution >= 4 is 15.7 Å². The van der Waals surface area contributed by atoms with Crippen molar-refractivity contribution in [2.45, 2.75) is 17.6 Å². The van der Waals surface area contributed by atoms with Gasteiger partial charge >= 0.3 is 6.18 Å². The molecule has 0 fully saturated rings. The van der Waals surface area contributed by atoms with Crippen molar-refractivity contribution in [2.75, 3.05) is 13.3 Å². The molecule has 2 heterocycles. The van der Waals surface area contributed by atoms with Crippen LogP contribution in [0.3, 0.4) is 0 Å². The summed E-state index contributed by atoms with van der Waals surface area (Å²) in [6.45, 7) is -0.860. The molecule has 0 bridgehead atoms. The molecule has 8 nitrogen and oxygen atoms in total. The molecule has 0 saturated carbocycles. The Hall–Kier alpha value is -3.25. The van der Waals surface area contributed by atoms with Crippen LogP contribution < -0.4 is 0 Å². The lowest BCUT2D eigenvalue weighted by Crippen LogP contribution is -2.29. The van der Waals surface area contributed by atoms with Crippen molar-refractivity contribution in [3.8, 4) is 22.4 Å². The highest BCUT2D eigenvalue weighted by molar-refractivity contribution is 7.90. The number of halogens is 3. The largest absolute Gasteiger partial charge is 0.433 e. The van der Waals surface area contributed by atoms with Gasteiger partial charge in [0.1, 0.15) is 12.2 Å². The van der Waals surface area contributed by atoms with Gasteiger partial charge in [0.15, 0.2) is 15.5 Å². The number of rotatable bonds is 5. The Morgan fingerprint density at radius 1 is 1.10 bits per heavy atom. The van der Waals surface area contributed by atoms with Crippen LogP contribution in [0.4, 0.5) is 13.2 Å². The van der Waals surface area contributed by atoms with Crippen molar-refractivity contribution in [2.24, 2.45) is 0 Å². The smallest absolute Gasteiger partial charge is 0.286 e. The van der Waals surface area contributed by atoms with Gasteiger partial charge in [-0.2, -0.15) is 18.3 Å². The normalized spacial score (nSPS) is 12.1. The predicted octanol–water partition coefficient (Wildman–Crippen LogP) is 2.88. The first-order chi connectivity index (χ1) is 14.4. The second kappa shape index (κ2) is 8.12. The maximum atomic E-state index is 14.1. The molecule has 0 atom stereocenters. The van der Waals surface area contributed by atoms with Crippen LogP contribution in [0.2, 0.25) is 0 Å². The summed E-state index contributed by atoms with van der Waals surface area (Å²) >= 11 is 0. The Labute approximate surface area is 175 Å². The Bertz CT molecular complexity index is 1210. The molecule has 0 aliphatic heterocycles. The van der Waals surface area contributed by atoms with Crippen LogP contribution in [0.15, 0.2) is 53.7 Å². The molecule has 0 aliphatic carbocycles. The molecule has 0 spiro atoms. The van der Waals surface area contributed by atoms with Crippen LogP contribution >= 0.6 is 0 Å². The summed E-state index contributed by atoms with van der Waals surface area (Å²) in [6.07, 6.45) is -1.16. The van der Waals surface area contributed by atoms with Gasteiger partial charge in [-0.1, -0.05) is 12.1 Å². The number of pyridine rings is 1. The third-order valence-electron chi connectivity index (χ3n) is 4.39. The summed E-state index contributed by atoms with van der Waals surface area (Å²) in [5, 5.41) is 13.5. The topological polar surface area (TPSA) is 105 Å². The maximum absolute atomic E-state index is 14.1. The minimum Gasteiger partial charge on any atom is -0.286 e. The molecule has 0 radical (unpaired) electrons. The van der Waals surface area contributed by atoms with Crippen LogP contribution in [0.5, 0.6) is 0 Å². The van der Waals surface area contributed by atoms with Gasteiger partial charge < -0.3 is 0 Å². The number of alkyl halides is 3. The number of hydrogen-bond donors (Lipinski definition) is 1. The molecule has 1 N–H and O–H groups in total. The van der Waals surface area contributed by atoms with Gasteiger partial charge in [0, 0.05) is 36.8 Å². The van der Waals surface area contributed by atoms with E-state index in [0.717, 1.165) is 13.3 Å². The molecule has 31 heavy (non-hydrogen) atoms. The minimum absolute atomic E-state index is 0.0558. The highest BCUT2D eigenvalue weighted by atomic mass is 32.2. The number of carbonyl (C=O) groups is 1. The number of nitrogens with zero attached hydrogens (tertiary/aromatic N) is 4. The summed E-state index contributed by atoms with van der Waals surface area (Å²) in [5.41, 5.74) is -1.24. The number of amides is 1. The van der Waals surface area contributed by atoms with Crippen molar-refractivity contribution in [3.63, 3.8) is 0 Å². The number of benzene rings is 1. The van der Waals surface area contributed by atoms with Crippen LogP contribution in [-0.2, 0) is 27.4 Å². The standard InChI is InChI=1S/C19H17F3N4O4S/c1-25(28)15(27)11-26-18(19(20,21)22)16(17(24-26)13-7-9-23-10-8-13)12-3-5-14(6-4-12)31(2,29)30/h3-10,28H,11H2,1-2H3. The third kappa shape index (κ3) is 4.75. The summed E-state index contributed by atoms with van der Waals surface area (Å²) < 4.78 is 66.2. The van der Waals surface area contributed by atoms with E-state index in [4.69, 9.17) is 0 Å². The van der Waals surface area contributed by atoms with E-state index in [1.54, 1.807) is 0 Å². The number of likely N-dealkylation sites (N-methyl/N-ethyl adjacent to an activating group) is 1. The number of aromatic nitrogens is 3. The average Bonchev–Trinajstić information content (AvgIpc) is 3.07. The van der Waals surface area contributed by atoms with Crippen molar-refractivity contribution < 1.29 is 31.6 Å². The molecule has 3 rings (SSSR count). The van der Waals surface area contributed by atoms with Gasteiger partial charge in [-0.15, -0.1) is 0 Å². The van der Waals surface area contributed by atoms with Gasteiger partial charge in [-0.25, -0.2) is 18.2 Å². The van der Waals surface area contributed by atoms with Crippen LogP contribution in [0.1, 0.15) is 5.69 Å². The Morgan fingerprint density at radius 2 is 1.68 bits per heavy atom. The van der Waals surface area contributed by atoms with Crippen molar-refractivity contribution in [1.29, 1.82) is 0 Å². The average molecular weight is 454 g/mol. The summed E-state index contributed by atoms with van der Waals surface area (Å²) in [7, 11) is -2.56. The fraction of sp³-hybridized carbons (Fsp3) is 0.211. The summed E-state index contributed by atoms with van der Waals surface area (Å²) in [6, 6.07) is 7.81. The van der Waals surface area contributed by atoms with E-state index >= 15 is 0 Å². The number of carbonyl (C=O) groups excluding carboxylic acids is 1. The SMILES string of the molecule is CN(O)C(=O)Cn1nc(-c2ccncc2)c(-c2ccc(S(C)(=O)=O)cc2)c1C(F)(F)F. The number of sulfone groups is 1. The zero-order valence-corrected chi connectivity index (χ0v) is 17.1. The molecular weight excluding hydrogens is 437 g/mol. The molecule has 3 aromatic rings. The first-order valence-corrected chi connectivity index (χ1v) is 10.6. The van der Waals surface area contributed by atoms with E-state index < -0.39 is 34.2 Å². The van der Waals surface area contributed by atoms with Gasteiger partial charge in [-0.3, -0.25) is 15.0 Å². The van der Waals surface area contributed by atoms with Gasteiger partial charge in [0.2, 0.25) is 0 Å². The molecule has 12 heteroatoms. The highest BCUT2D eigenvalue weighted by Gasteiger charge is 2.41. The van der Waals surface area contributed by atoms with Crippen molar-refractivity contribution in [1.82, 2.24) is 19.8 Å². The molecule has 0 aliphatic rings. The highest BCUT2D eigenvalue weighted by Crippen LogP contribution is 2.42. The number of hydrogen-bond acceptors (Lipinski definition) is 6. The van der Waals surface area contributed by atoms with E-state index in [0.29, 0.717) is 10.2 Å². The third-order valence-corrected chi connectivity index (χ3v) is 5.52. The molecule has 1 amide bonds. The molecule has 0 saturated heterocycles. The Balaban J connectivity index is 2.31. The molecule has 1 aromatic carbocycles. The Kier molecular flexibility index (Phi) is 5.87. The van der Waals surface area contributed by atoms with E-state index in [2.05, 4.69) is 10.1 Å². The van der Waals surface area contributed by atoms with Gasteiger partial charge in [0.25, 0.3) is 5.91 Å². The van der Waals surface area contributed by atoms with E-state index in [-0.39, 0.29) is 26.8 Å². The lowest BCUT2D eigenvalue weighted by atomic mass is 9.99. The Morgan fingerprint density at radius 3 is 2.16 bits per heavy atom.